The number of carbonyl (C=O) groups is 1. The molecule has 0 saturated carbocycles. The highest BCUT2D eigenvalue weighted by Crippen LogP contribution is 2.25. The first-order chi connectivity index (χ1) is 11.7. The molecule has 0 aliphatic rings. The molecule has 7 heteroatoms. The van der Waals surface area contributed by atoms with Gasteiger partial charge in [-0.25, -0.2) is 9.97 Å². The Bertz CT molecular complexity index is 824. The predicted octanol–water partition coefficient (Wildman–Crippen LogP) is 3.90. The van der Waals surface area contributed by atoms with E-state index >= 15 is 0 Å². The van der Waals surface area contributed by atoms with Crippen LogP contribution in [0.15, 0.2) is 35.0 Å². The fourth-order valence-electron chi connectivity index (χ4n) is 2.10. The fraction of sp³-hybridized carbons (Fsp3) is 0.235. The van der Waals surface area contributed by atoms with Crippen molar-refractivity contribution in [2.45, 2.75) is 20.4 Å². The average Bonchev–Trinajstić information content (AvgIpc) is 3.23. The van der Waals surface area contributed by atoms with Crippen LogP contribution in [-0.2, 0) is 6.54 Å². The summed E-state index contributed by atoms with van der Waals surface area (Å²) in [6.07, 6.45) is 0. The highest BCUT2D eigenvalue weighted by atomic mass is 32.1. The second kappa shape index (κ2) is 7.55. The second-order valence-corrected chi connectivity index (χ2v) is 6.86. The van der Waals surface area contributed by atoms with Gasteiger partial charge in [0, 0.05) is 22.0 Å². The van der Waals surface area contributed by atoms with E-state index in [9.17, 15) is 4.79 Å². The van der Waals surface area contributed by atoms with Gasteiger partial charge in [-0.15, -0.1) is 22.7 Å². The van der Waals surface area contributed by atoms with Crippen molar-refractivity contribution in [1.82, 2.24) is 15.3 Å². The lowest BCUT2D eigenvalue weighted by atomic mass is 10.2. The summed E-state index contributed by atoms with van der Waals surface area (Å²) in [4.78, 5) is 20.9. The summed E-state index contributed by atoms with van der Waals surface area (Å²) >= 11 is 2.99. The van der Waals surface area contributed by atoms with Gasteiger partial charge in [0.15, 0.2) is 0 Å². The van der Waals surface area contributed by atoms with Crippen LogP contribution in [0, 0.1) is 6.92 Å². The Labute approximate surface area is 148 Å². The molecule has 0 atom stereocenters. The Morgan fingerprint density at radius 2 is 1.96 bits per heavy atom. The molecule has 0 radical (unpaired) electrons. The van der Waals surface area contributed by atoms with E-state index < -0.39 is 0 Å². The highest BCUT2D eigenvalue weighted by molar-refractivity contribution is 7.13. The summed E-state index contributed by atoms with van der Waals surface area (Å²) < 4.78 is 5.43. The van der Waals surface area contributed by atoms with Crippen LogP contribution in [0.3, 0.4) is 0 Å². The third-order valence-corrected chi connectivity index (χ3v) is 5.07. The van der Waals surface area contributed by atoms with E-state index in [0.717, 1.165) is 27.0 Å². The van der Waals surface area contributed by atoms with Gasteiger partial charge in [0.25, 0.3) is 5.91 Å². The average molecular weight is 359 g/mol. The molecule has 0 unspecified atom stereocenters. The molecule has 0 spiro atoms. The molecule has 0 fully saturated rings. The first-order valence-electron chi connectivity index (χ1n) is 7.53. The van der Waals surface area contributed by atoms with Crippen molar-refractivity contribution < 1.29 is 9.53 Å². The van der Waals surface area contributed by atoms with Crippen LogP contribution < -0.4 is 10.1 Å². The zero-order chi connectivity index (χ0) is 16.9. The third-order valence-electron chi connectivity index (χ3n) is 3.22. The van der Waals surface area contributed by atoms with Crippen LogP contribution in [0.2, 0.25) is 0 Å². The minimum absolute atomic E-state index is 0.184. The van der Waals surface area contributed by atoms with Crippen molar-refractivity contribution in [3.8, 4) is 16.3 Å². The van der Waals surface area contributed by atoms with Gasteiger partial charge in [0.1, 0.15) is 21.5 Å². The summed E-state index contributed by atoms with van der Waals surface area (Å²) in [5.41, 5.74) is 2.37. The summed E-state index contributed by atoms with van der Waals surface area (Å²) in [6.45, 7) is 4.95. The van der Waals surface area contributed by atoms with Gasteiger partial charge in [0.05, 0.1) is 13.2 Å². The van der Waals surface area contributed by atoms with E-state index in [1.165, 1.54) is 22.7 Å². The Kier molecular flexibility index (Phi) is 5.22. The van der Waals surface area contributed by atoms with Crippen LogP contribution in [0.1, 0.15) is 28.1 Å². The fourth-order valence-corrected chi connectivity index (χ4v) is 3.62. The van der Waals surface area contributed by atoms with Crippen molar-refractivity contribution in [3.05, 3.63) is 51.4 Å². The zero-order valence-electron chi connectivity index (χ0n) is 13.4. The lowest BCUT2D eigenvalue weighted by Gasteiger charge is -2.03. The van der Waals surface area contributed by atoms with E-state index in [1.54, 1.807) is 5.38 Å². The van der Waals surface area contributed by atoms with E-state index in [2.05, 4.69) is 15.3 Å². The molecular weight excluding hydrogens is 342 g/mol. The molecular formula is C17H17N3O2S2. The second-order valence-electron chi connectivity index (χ2n) is 5.06. The number of aromatic nitrogens is 2. The Morgan fingerprint density at radius 1 is 1.17 bits per heavy atom. The highest BCUT2D eigenvalue weighted by Gasteiger charge is 2.12. The van der Waals surface area contributed by atoms with Gasteiger partial charge < -0.3 is 10.1 Å². The third kappa shape index (κ3) is 3.98. The van der Waals surface area contributed by atoms with Gasteiger partial charge in [-0.1, -0.05) is 0 Å². The molecule has 0 aliphatic carbocycles. The molecule has 0 saturated heterocycles. The first-order valence-corrected chi connectivity index (χ1v) is 9.29. The molecule has 1 N–H and O–H groups in total. The van der Waals surface area contributed by atoms with E-state index in [0.29, 0.717) is 18.8 Å². The van der Waals surface area contributed by atoms with Crippen molar-refractivity contribution in [3.63, 3.8) is 0 Å². The van der Waals surface area contributed by atoms with Crippen LogP contribution in [0.25, 0.3) is 10.6 Å². The summed E-state index contributed by atoms with van der Waals surface area (Å²) in [5, 5.41) is 8.30. The van der Waals surface area contributed by atoms with Gasteiger partial charge >= 0.3 is 0 Å². The zero-order valence-corrected chi connectivity index (χ0v) is 15.0. The number of rotatable bonds is 6. The van der Waals surface area contributed by atoms with Crippen LogP contribution in [0.5, 0.6) is 5.75 Å². The van der Waals surface area contributed by atoms with Crippen LogP contribution in [-0.4, -0.2) is 22.5 Å². The number of thiazole rings is 2. The SMILES string of the molecule is CCOc1ccc(-c2nc(C(=O)NCc3nc(C)cs3)cs2)cc1. The minimum atomic E-state index is -0.184. The summed E-state index contributed by atoms with van der Waals surface area (Å²) in [7, 11) is 0. The number of hydrogen-bond donors (Lipinski definition) is 1. The lowest BCUT2D eigenvalue weighted by Crippen LogP contribution is -2.23. The van der Waals surface area contributed by atoms with Crippen LogP contribution >= 0.6 is 22.7 Å². The smallest absolute Gasteiger partial charge is 0.271 e. The first kappa shape index (κ1) is 16.6. The number of aryl methyl sites for hydroxylation is 1. The van der Waals surface area contributed by atoms with Gasteiger partial charge in [-0.3, -0.25) is 4.79 Å². The normalized spacial score (nSPS) is 10.6. The van der Waals surface area contributed by atoms with E-state index in [-0.39, 0.29) is 5.91 Å². The maximum absolute atomic E-state index is 12.2. The minimum Gasteiger partial charge on any atom is -0.494 e. The summed E-state index contributed by atoms with van der Waals surface area (Å²) in [5.74, 6) is 0.644. The molecule has 124 valence electrons. The quantitative estimate of drug-likeness (QED) is 0.725. The van der Waals surface area contributed by atoms with Gasteiger partial charge in [0.2, 0.25) is 0 Å². The van der Waals surface area contributed by atoms with Crippen molar-refractivity contribution in [1.29, 1.82) is 0 Å². The molecule has 24 heavy (non-hydrogen) atoms. The van der Waals surface area contributed by atoms with Crippen LogP contribution in [0.4, 0.5) is 0 Å². The van der Waals surface area contributed by atoms with Crippen molar-refractivity contribution in [2.24, 2.45) is 0 Å². The van der Waals surface area contributed by atoms with Gasteiger partial charge in [-0.05, 0) is 38.1 Å². The number of nitrogens with one attached hydrogen (secondary N) is 1. The molecule has 0 bridgehead atoms. The molecule has 1 amide bonds. The largest absolute Gasteiger partial charge is 0.494 e. The number of benzene rings is 1. The molecule has 3 aromatic rings. The Balaban J connectivity index is 1.64. The van der Waals surface area contributed by atoms with E-state index in [4.69, 9.17) is 4.74 Å². The number of carbonyl (C=O) groups excluding carboxylic acids is 1. The number of nitrogens with zero attached hydrogens (tertiary/aromatic N) is 2. The maximum Gasteiger partial charge on any atom is 0.271 e. The number of amides is 1. The van der Waals surface area contributed by atoms with Crippen molar-refractivity contribution >= 4 is 28.6 Å². The summed E-state index contributed by atoms with van der Waals surface area (Å²) in [6, 6.07) is 7.71. The molecule has 3 rings (SSSR count). The number of ether oxygens (including phenoxy) is 1. The maximum atomic E-state index is 12.2. The Morgan fingerprint density at radius 3 is 2.62 bits per heavy atom. The van der Waals surface area contributed by atoms with E-state index in [1.807, 2.05) is 43.5 Å². The van der Waals surface area contributed by atoms with Crippen molar-refractivity contribution in [2.75, 3.05) is 6.61 Å². The monoisotopic (exact) mass is 359 g/mol. The molecule has 5 nitrogen and oxygen atoms in total. The standard InChI is InChI=1S/C17H17N3O2S2/c1-3-22-13-6-4-12(5-7-13)17-20-14(10-24-17)16(21)18-8-15-19-11(2)9-23-15/h4-7,9-10H,3,8H2,1-2H3,(H,18,21). The topological polar surface area (TPSA) is 64.1 Å². The molecule has 2 aromatic heterocycles. The lowest BCUT2D eigenvalue weighted by molar-refractivity contribution is 0.0946. The molecule has 1 aromatic carbocycles. The molecule has 2 heterocycles. The Hall–Kier alpha value is -2.25. The predicted molar refractivity (Wildman–Crippen MR) is 96.7 cm³/mol. The number of hydrogen-bond acceptors (Lipinski definition) is 6. The van der Waals surface area contributed by atoms with Gasteiger partial charge in [-0.2, -0.15) is 0 Å². The molecule has 0 aliphatic heterocycles.